The molecule has 1 N–H and O–H groups in total. The molecule has 1 unspecified atom stereocenters. The van der Waals surface area contributed by atoms with Crippen molar-refractivity contribution in [1.82, 2.24) is 5.32 Å². The quantitative estimate of drug-likeness (QED) is 0.687. The third-order valence-electron chi connectivity index (χ3n) is 3.69. The lowest BCUT2D eigenvalue weighted by Crippen LogP contribution is -2.25. The van der Waals surface area contributed by atoms with E-state index in [0.717, 1.165) is 29.2 Å². The molecule has 2 rings (SSSR count). The Hall–Kier alpha value is -0.190. The zero-order chi connectivity index (χ0) is 14.2. The highest BCUT2D eigenvalue weighted by atomic mass is 32.2. The van der Waals surface area contributed by atoms with Gasteiger partial charge in [0.1, 0.15) is 5.82 Å². The molecule has 1 atom stereocenters. The Morgan fingerprint density at radius 2 is 2.15 bits per heavy atom. The molecule has 0 radical (unpaired) electrons. The van der Waals surface area contributed by atoms with Crippen LogP contribution in [0.5, 0.6) is 0 Å². The second kappa shape index (κ2) is 8.96. The van der Waals surface area contributed by atoms with Crippen LogP contribution in [0, 0.1) is 5.82 Å². The highest BCUT2D eigenvalue weighted by Gasteiger charge is 2.22. The van der Waals surface area contributed by atoms with Gasteiger partial charge in [0.2, 0.25) is 0 Å². The van der Waals surface area contributed by atoms with Gasteiger partial charge in [-0.25, -0.2) is 4.39 Å². The van der Waals surface area contributed by atoms with Crippen LogP contribution in [0.15, 0.2) is 23.1 Å². The standard InChI is InChI=1S/C16H24FNS2/c1-19-11-5-3-2-4-10-18-15-9-12-20-16-13(15)7-6-8-14(16)17/h6-8,15,18H,2-5,9-12H2,1H3. The fourth-order valence-electron chi connectivity index (χ4n) is 2.60. The van der Waals surface area contributed by atoms with Crippen LogP contribution in [0.3, 0.4) is 0 Å². The first-order valence-corrected chi connectivity index (χ1v) is 9.84. The Labute approximate surface area is 130 Å². The maximum absolute atomic E-state index is 13.8. The minimum atomic E-state index is -0.0592. The van der Waals surface area contributed by atoms with E-state index in [1.54, 1.807) is 17.8 Å². The third-order valence-corrected chi connectivity index (χ3v) is 5.55. The van der Waals surface area contributed by atoms with Crippen molar-refractivity contribution >= 4 is 23.5 Å². The zero-order valence-electron chi connectivity index (χ0n) is 12.2. The summed E-state index contributed by atoms with van der Waals surface area (Å²) in [6.45, 7) is 1.05. The van der Waals surface area contributed by atoms with Crippen LogP contribution in [-0.4, -0.2) is 24.3 Å². The van der Waals surface area contributed by atoms with Crippen molar-refractivity contribution in [3.8, 4) is 0 Å². The van der Waals surface area contributed by atoms with Gasteiger partial charge in [0.15, 0.2) is 0 Å². The molecule has 0 aromatic heterocycles. The fourth-order valence-corrected chi connectivity index (χ4v) is 4.23. The topological polar surface area (TPSA) is 12.0 Å². The average Bonchev–Trinajstić information content (AvgIpc) is 2.47. The summed E-state index contributed by atoms with van der Waals surface area (Å²) in [6, 6.07) is 5.81. The highest BCUT2D eigenvalue weighted by Crippen LogP contribution is 2.37. The van der Waals surface area contributed by atoms with Gasteiger partial charge in [-0.05, 0) is 55.2 Å². The van der Waals surface area contributed by atoms with Crippen molar-refractivity contribution in [2.45, 2.75) is 43.0 Å². The van der Waals surface area contributed by atoms with Crippen LogP contribution in [-0.2, 0) is 0 Å². The summed E-state index contributed by atoms with van der Waals surface area (Å²) in [5, 5.41) is 3.61. The van der Waals surface area contributed by atoms with E-state index in [1.165, 1.54) is 31.4 Å². The molecule has 0 saturated heterocycles. The molecule has 1 nitrogen and oxygen atoms in total. The summed E-state index contributed by atoms with van der Waals surface area (Å²) in [5.74, 6) is 2.23. The van der Waals surface area contributed by atoms with E-state index in [4.69, 9.17) is 0 Å². The van der Waals surface area contributed by atoms with Crippen molar-refractivity contribution in [1.29, 1.82) is 0 Å². The van der Waals surface area contributed by atoms with E-state index >= 15 is 0 Å². The van der Waals surface area contributed by atoms with Crippen LogP contribution in [0.4, 0.5) is 4.39 Å². The number of nitrogens with one attached hydrogen (secondary N) is 1. The van der Waals surface area contributed by atoms with Crippen molar-refractivity contribution < 1.29 is 4.39 Å². The molecule has 0 amide bonds. The fraction of sp³-hybridized carbons (Fsp3) is 0.625. The minimum Gasteiger partial charge on any atom is -0.310 e. The van der Waals surface area contributed by atoms with E-state index < -0.39 is 0 Å². The largest absolute Gasteiger partial charge is 0.310 e. The molecule has 1 aromatic carbocycles. The van der Waals surface area contributed by atoms with Gasteiger partial charge in [0.25, 0.3) is 0 Å². The first kappa shape index (κ1) is 16.2. The van der Waals surface area contributed by atoms with Gasteiger partial charge in [-0.3, -0.25) is 0 Å². The van der Waals surface area contributed by atoms with Crippen molar-refractivity contribution in [2.75, 3.05) is 24.3 Å². The molecule has 1 heterocycles. The SMILES string of the molecule is CSCCCCCCNC1CCSc2c(F)cccc21. The van der Waals surface area contributed by atoms with Gasteiger partial charge >= 0.3 is 0 Å². The van der Waals surface area contributed by atoms with Gasteiger partial charge in [0, 0.05) is 10.9 Å². The molecule has 0 bridgehead atoms. The van der Waals surface area contributed by atoms with Crippen LogP contribution >= 0.6 is 23.5 Å². The molecule has 1 aliphatic rings. The number of hydrogen-bond acceptors (Lipinski definition) is 3. The number of fused-ring (bicyclic) bond motifs is 1. The zero-order valence-corrected chi connectivity index (χ0v) is 13.8. The van der Waals surface area contributed by atoms with E-state index in [2.05, 4.69) is 17.6 Å². The maximum atomic E-state index is 13.8. The van der Waals surface area contributed by atoms with Crippen molar-refractivity contribution in [2.24, 2.45) is 0 Å². The average molecular weight is 314 g/mol. The van der Waals surface area contributed by atoms with Gasteiger partial charge in [-0.1, -0.05) is 25.0 Å². The third kappa shape index (κ3) is 4.68. The van der Waals surface area contributed by atoms with Gasteiger partial charge < -0.3 is 5.32 Å². The predicted molar refractivity (Wildman–Crippen MR) is 89.3 cm³/mol. The van der Waals surface area contributed by atoms with E-state index in [1.807, 2.05) is 17.8 Å². The number of halogens is 1. The van der Waals surface area contributed by atoms with Crippen molar-refractivity contribution in [3.05, 3.63) is 29.6 Å². The summed E-state index contributed by atoms with van der Waals surface area (Å²) in [7, 11) is 0. The minimum absolute atomic E-state index is 0.0592. The second-order valence-electron chi connectivity index (χ2n) is 5.21. The van der Waals surface area contributed by atoms with E-state index in [-0.39, 0.29) is 5.82 Å². The molecule has 4 heteroatoms. The number of thioether (sulfide) groups is 2. The van der Waals surface area contributed by atoms with Crippen LogP contribution in [0.1, 0.15) is 43.7 Å². The smallest absolute Gasteiger partial charge is 0.137 e. The molecule has 112 valence electrons. The molecule has 0 fully saturated rings. The maximum Gasteiger partial charge on any atom is 0.137 e. The highest BCUT2D eigenvalue weighted by molar-refractivity contribution is 7.99. The molecule has 0 saturated carbocycles. The Balaban J connectivity index is 1.74. The first-order valence-electron chi connectivity index (χ1n) is 7.46. The Kier molecular flexibility index (Phi) is 7.25. The lowest BCUT2D eigenvalue weighted by atomic mass is 10.0. The van der Waals surface area contributed by atoms with Crippen LogP contribution in [0.25, 0.3) is 0 Å². The number of hydrogen-bond donors (Lipinski definition) is 1. The summed E-state index contributed by atoms with van der Waals surface area (Å²) < 4.78 is 13.8. The summed E-state index contributed by atoms with van der Waals surface area (Å²) in [5.41, 5.74) is 1.16. The summed E-state index contributed by atoms with van der Waals surface area (Å²) in [6.07, 6.45) is 8.45. The van der Waals surface area contributed by atoms with E-state index in [9.17, 15) is 4.39 Å². The summed E-state index contributed by atoms with van der Waals surface area (Å²) >= 11 is 3.58. The van der Waals surface area contributed by atoms with Crippen LogP contribution in [0.2, 0.25) is 0 Å². The van der Waals surface area contributed by atoms with E-state index in [0.29, 0.717) is 6.04 Å². The lowest BCUT2D eigenvalue weighted by Gasteiger charge is -2.26. The predicted octanol–water partition coefficient (Wildman–Crippen LogP) is 4.88. The number of rotatable bonds is 8. The molecule has 20 heavy (non-hydrogen) atoms. The molecule has 0 spiro atoms. The van der Waals surface area contributed by atoms with Gasteiger partial charge in [-0.2, -0.15) is 11.8 Å². The normalized spacial score (nSPS) is 18.0. The van der Waals surface area contributed by atoms with Crippen LogP contribution < -0.4 is 5.32 Å². The molecule has 0 aliphatic carbocycles. The first-order chi connectivity index (χ1) is 9.83. The monoisotopic (exact) mass is 313 g/mol. The molecule has 1 aromatic rings. The molecular formula is C16H24FNS2. The molecular weight excluding hydrogens is 289 g/mol. The van der Waals surface area contributed by atoms with Crippen molar-refractivity contribution in [3.63, 3.8) is 0 Å². The Morgan fingerprint density at radius 3 is 3.00 bits per heavy atom. The Bertz CT molecular complexity index is 411. The van der Waals surface area contributed by atoms with Gasteiger partial charge in [-0.15, -0.1) is 11.8 Å². The second-order valence-corrected chi connectivity index (χ2v) is 7.30. The summed E-state index contributed by atoms with van der Waals surface area (Å²) in [4.78, 5) is 0.858. The Morgan fingerprint density at radius 1 is 1.30 bits per heavy atom. The lowest BCUT2D eigenvalue weighted by molar-refractivity contribution is 0.482. The molecule has 1 aliphatic heterocycles. The van der Waals surface area contributed by atoms with Gasteiger partial charge in [0.05, 0.1) is 0 Å². The number of unbranched alkanes of at least 4 members (excludes halogenated alkanes) is 3. The number of benzene rings is 1.